The lowest BCUT2D eigenvalue weighted by Crippen LogP contribution is -2.52. The number of nitrogens with one attached hydrogen (secondary N) is 2. The van der Waals surface area contributed by atoms with Gasteiger partial charge in [-0.2, -0.15) is 0 Å². The van der Waals surface area contributed by atoms with E-state index in [1.165, 1.54) is 0 Å². The van der Waals surface area contributed by atoms with Crippen molar-refractivity contribution < 1.29 is 27.6 Å². The monoisotopic (exact) mass is 387 g/mol. The van der Waals surface area contributed by atoms with E-state index in [1.807, 2.05) is 0 Å². The maximum absolute atomic E-state index is 12.8. The molecular formula is C15H21N3O7S. The summed E-state index contributed by atoms with van der Waals surface area (Å²) >= 11 is 0. The Bertz CT molecular complexity index is 791. The third-order valence-corrected chi connectivity index (χ3v) is 5.89. The van der Waals surface area contributed by atoms with Crippen LogP contribution in [0.4, 0.5) is 5.69 Å². The standard InChI is InChI=1S/C15H21N3O7S/c1-23-10-15(3-2-4-16-15)9-17-26(21,22)14-8-13-12(24-5-6-25-13)7-11(14)18(19)20/h7-8,16-17H,2-6,9-10H2,1H3. The number of hydrogen-bond acceptors (Lipinski definition) is 8. The van der Waals surface area contributed by atoms with Crippen molar-refractivity contribution in [1.29, 1.82) is 0 Å². The normalized spacial score (nSPS) is 22.3. The maximum atomic E-state index is 12.8. The lowest BCUT2D eigenvalue weighted by Gasteiger charge is -2.29. The van der Waals surface area contributed by atoms with Crippen LogP contribution in [0.1, 0.15) is 12.8 Å². The van der Waals surface area contributed by atoms with E-state index in [4.69, 9.17) is 14.2 Å². The first-order chi connectivity index (χ1) is 12.4. The number of ether oxygens (including phenoxy) is 3. The topological polar surface area (TPSA) is 129 Å². The number of nitro groups is 1. The van der Waals surface area contributed by atoms with Gasteiger partial charge in [0.15, 0.2) is 16.4 Å². The predicted octanol–water partition coefficient (Wildman–Crippen LogP) is 0.413. The molecule has 1 atom stereocenters. The first-order valence-corrected chi connectivity index (χ1v) is 9.67. The van der Waals surface area contributed by atoms with Crippen molar-refractivity contribution in [1.82, 2.24) is 10.0 Å². The van der Waals surface area contributed by atoms with Crippen molar-refractivity contribution in [2.24, 2.45) is 0 Å². The summed E-state index contributed by atoms with van der Waals surface area (Å²) in [6.45, 7) is 1.65. The quantitative estimate of drug-likeness (QED) is 0.508. The van der Waals surface area contributed by atoms with E-state index in [0.717, 1.165) is 31.5 Å². The Labute approximate surface area is 151 Å². The van der Waals surface area contributed by atoms with E-state index in [9.17, 15) is 18.5 Å². The molecule has 2 N–H and O–H groups in total. The molecule has 1 aromatic carbocycles. The third kappa shape index (κ3) is 3.75. The van der Waals surface area contributed by atoms with Gasteiger partial charge in [-0.25, -0.2) is 13.1 Å². The van der Waals surface area contributed by atoms with Gasteiger partial charge in [0.1, 0.15) is 13.2 Å². The molecule has 1 unspecified atom stereocenters. The Hall–Kier alpha value is -1.95. The summed E-state index contributed by atoms with van der Waals surface area (Å²) in [6, 6.07) is 2.22. The van der Waals surface area contributed by atoms with Gasteiger partial charge in [0.05, 0.1) is 23.1 Å². The minimum atomic E-state index is -4.14. The molecule has 1 aromatic rings. The second kappa shape index (κ2) is 7.35. The van der Waals surface area contributed by atoms with Gasteiger partial charge in [0, 0.05) is 19.7 Å². The summed E-state index contributed by atoms with van der Waals surface area (Å²) in [7, 11) is -2.59. The van der Waals surface area contributed by atoms with Crippen LogP contribution in [0, 0.1) is 10.1 Å². The summed E-state index contributed by atoms with van der Waals surface area (Å²) < 4.78 is 43.9. The Morgan fingerprint density at radius 1 is 1.35 bits per heavy atom. The summed E-state index contributed by atoms with van der Waals surface area (Å²) in [6.07, 6.45) is 1.64. The van der Waals surface area contributed by atoms with Crippen molar-refractivity contribution in [3.63, 3.8) is 0 Å². The van der Waals surface area contributed by atoms with Crippen LogP contribution in [0.15, 0.2) is 17.0 Å². The number of hydrogen-bond donors (Lipinski definition) is 2. The molecule has 26 heavy (non-hydrogen) atoms. The van der Waals surface area contributed by atoms with E-state index in [-0.39, 0.29) is 31.3 Å². The largest absolute Gasteiger partial charge is 0.486 e. The zero-order valence-electron chi connectivity index (χ0n) is 14.3. The first kappa shape index (κ1) is 18.8. The maximum Gasteiger partial charge on any atom is 0.293 e. The molecule has 0 spiro atoms. The molecule has 0 aliphatic carbocycles. The molecule has 144 valence electrons. The molecule has 10 nitrogen and oxygen atoms in total. The molecule has 0 bridgehead atoms. The fraction of sp³-hybridized carbons (Fsp3) is 0.600. The number of nitrogens with zero attached hydrogens (tertiary/aromatic N) is 1. The van der Waals surface area contributed by atoms with Crippen LogP contribution < -0.4 is 19.5 Å². The highest BCUT2D eigenvalue weighted by Gasteiger charge is 2.37. The van der Waals surface area contributed by atoms with E-state index >= 15 is 0 Å². The molecule has 2 aliphatic heterocycles. The lowest BCUT2D eigenvalue weighted by atomic mass is 9.99. The van der Waals surface area contributed by atoms with Gasteiger partial charge >= 0.3 is 0 Å². The predicted molar refractivity (Wildman–Crippen MR) is 91.1 cm³/mol. The van der Waals surface area contributed by atoms with E-state index in [1.54, 1.807) is 7.11 Å². The fourth-order valence-corrected chi connectivity index (χ4v) is 4.49. The van der Waals surface area contributed by atoms with E-state index < -0.39 is 31.1 Å². The molecule has 0 saturated carbocycles. The Kier molecular flexibility index (Phi) is 5.32. The molecule has 0 radical (unpaired) electrons. The van der Waals surface area contributed by atoms with Crippen molar-refractivity contribution in [2.45, 2.75) is 23.3 Å². The molecule has 2 aliphatic rings. The van der Waals surface area contributed by atoms with Gasteiger partial charge in [-0.15, -0.1) is 0 Å². The Morgan fingerprint density at radius 2 is 2.04 bits per heavy atom. The van der Waals surface area contributed by atoms with Crippen molar-refractivity contribution >= 4 is 15.7 Å². The fourth-order valence-electron chi connectivity index (χ4n) is 3.20. The van der Waals surface area contributed by atoms with E-state index in [2.05, 4.69) is 10.0 Å². The van der Waals surface area contributed by atoms with Gasteiger partial charge in [-0.3, -0.25) is 10.1 Å². The SMILES string of the molecule is COCC1(CNS(=O)(=O)c2cc3c(cc2[N+](=O)[O-])OCCO3)CCCN1. The minimum absolute atomic E-state index is 0.0643. The van der Waals surface area contributed by atoms with Crippen LogP contribution in [0.25, 0.3) is 0 Å². The molecule has 3 rings (SSSR count). The molecule has 2 heterocycles. The molecular weight excluding hydrogens is 366 g/mol. The Morgan fingerprint density at radius 3 is 2.62 bits per heavy atom. The van der Waals surface area contributed by atoms with Crippen molar-refractivity contribution in [3.05, 3.63) is 22.2 Å². The second-order valence-corrected chi connectivity index (χ2v) is 8.02. The number of nitro benzene ring substituents is 1. The summed E-state index contributed by atoms with van der Waals surface area (Å²) in [5.74, 6) is 0.336. The van der Waals surface area contributed by atoms with Crippen LogP contribution in [0.2, 0.25) is 0 Å². The number of methoxy groups -OCH3 is 1. The highest BCUT2D eigenvalue weighted by Crippen LogP contribution is 2.38. The smallest absolute Gasteiger partial charge is 0.293 e. The van der Waals surface area contributed by atoms with Crippen molar-refractivity contribution in [3.8, 4) is 11.5 Å². The van der Waals surface area contributed by atoms with Gasteiger partial charge in [0.25, 0.3) is 5.69 Å². The molecule has 0 amide bonds. The van der Waals surface area contributed by atoms with Crippen molar-refractivity contribution in [2.75, 3.05) is 40.0 Å². The average molecular weight is 387 g/mol. The molecule has 1 fully saturated rings. The Balaban J connectivity index is 1.89. The first-order valence-electron chi connectivity index (χ1n) is 8.19. The number of benzene rings is 1. The summed E-state index contributed by atoms with van der Waals surface area (Å²) in [4.78, 5) is 10.2. The van der Waals surface area contributed by atoms with Gasteiger partial charge in [-0.05, 0) is 19.4 Å². The van der Waals surface area contributed by atoms with Gasteiger partial charge in [-0.1, -0.05) is 0 Å². The lowest BCUT2D eigenvalue weighted by molar-refractivity contribution is -0.388. The van der Waals surface area contributed by atoms with Crippen LogP contribution >= 0.6 is 0 Å². The highest BCUT2D eigenvalue weighted by atomic mass is 32.2. The zero-order valence-corrected chi connectivity index (χ0v) is 15.1. The summed E-state index contributed by atoms with van der Waals surface area (Å²) in [5.41, 5.74) is -1.08. The average Bonchev–Trinajstić information content (AvgIpc) is 3.08. The zero-order chi connectivity index (χ0) is 18.8. The van der Waals surface area contributed by atoms with E-state index in [0.29, 0.717) is 6.61 Å². The number of rotatable bonds is 7. The minimum Gasteiger partial charge on any atom is -0.486 e. The second-order valence-electron chi connectivity index (χ2n) is 6.29. The molecule has 1 saturated heterocycles. The summed E-state index contributed by atoms with van der Waals surface area (Å²) in [5, 5.41) is 14.6. The van der Waals surface area contributed by atoms with Gasteiger partial charge in [0.2, 0.25) is 10.0 Å². The number of fused-ring (bicyclic) bond motifs is 1. The molecule has 11 heteroatoms. The van der Waals surface area contributed by atoms with Crippen LogP contribution in [0.5, 0.6) is 11.5 Å². The highest BCUT2D eigenvalue weighted by molar-refractivity contribution is 7.89. The van der Waals surface area contributed by atoms with Crippen LogP contribution in [-0.4, -0.2) is 58.9 Å². The van der Waals surface area contributed by atoms with Crippen LogP contribution in [0.3, 0.4) is 0 Å². The third-order valence-electron chi connectivity index (χ3n) is 4.46. The van der Waals surface area contributed by atoms with Gasteiger partial charge < -0.3 is 19.5 Å². The molecule has 0 aromatic heterocycles. The number of sulfonamides is 1. The van der Waals surface area contributed by atoms with Crippen LogP contribution in [-0.2, 0) is 14.8 Å².